The molecular formula is C14H16ClN3O2S. The first kappa shape index (κ1) is 17.3. The number of rotatable bonds is 6. The van der Waals surface area contributed by atoms with E-state index in [9.17, 15) is 9.59 Å². The predicted molar refractivity (Wildman–Crippen MR) is 84.0 cm³/mol. The van der Waals surface area contributed by atoms with Gasteiger partial charge < -0.3 is 5.32 Å². The summed E-state index contributed by atoms with van der Waals surface area (Å²) in [6, 6.07) is 6.09. The van der Waals surface area contributed by atoms with Crippen LogP contribution in [0.15, 0.2) is 24.3 Å². The van der Waals surface area contributed by atoms with Crippen molar-refractivity contribution in [2.24, 2.45) is 0 Å². The van der Waals surface area contributed by atoms with Crippen molar-refractivity contribution in [3.8, 4) is 6.19 Å². The highest BCUT2D eigenvalue weighted by Crippen LogP contribution is 2.08. The number of halogens is 1. The molecule has 0 spiro atoms. The fourth-order valence-corrected chi connectivity index (χ4v) is 2.35. The molecule has 0 fully saturated rings. The summed E-state index contributed by atoms with van der Waals surface area (Å²) in [6.45, 7) is 0. The van der Waals surface area contributed by atoms with Crippen molar-refractivity contribution in [2.45, 2.75) is 11.9 Å². The van der Waals surface area contributed by atoms with Gasteiger partial charge in [-0.2, -0.15) is 17.0 Å². The lowest BCUT2D eigenvalue weighted by Crippen LogP contribution is -2.47. The molecule has 1 unspecified atom stereocenters. The molecule has 0 radical (unpaired) electrons. The number of hydrogen-bond acceptors (Lipinski definition) is 4. The Morgan fingerprint density at radius 3 is 2.52 bits per heavy atom. The zero-order valence-electron chi connectivity index (χ0n) is 11.8. The van der Waals surface area contributed by atoms with Crippen LogP contribution in [0.4, 0.5) is 0 Å². The Morgan fingerprint density at radius 1 is 1.43 bits per heavy atom. The third-order valence-electron chi connectivity index (χ3n) is 2.79. The van der Waals surface area contributed by atoms with E-state index in [0.717, 1.165) is 10.5 Å². The molecule has 21 heavy (non-hydrogen) atoms. The maximum Gasteiger partial charge on any atom is 0.258 e. The second-order valence-electron chi connectivity index (χ2n) is 4.31. The largest absolute Gasteiger partial charge is 0.339 e. The zero-order valence-corrected chi connectivity index (χ0v) is 13.4. The van der Waals surface area contributed by atoms with E-state index in [0.29, 0.717) is 17.2 Å². The molecule has 0 saturated heterocycles. The Hall–Kier alpha value is -1.71. The molecule has 0 aromatic heterocycles. The van der Waals surface area contributed by atoms with Gasteiger partial charge in [-0.25, -0.2) is 0 Å². The van der Waals surface area contributed by atoms with Crippen LogP contribution >= 0.6 is 23.4 Å². The standard InChI is InChI=1S/C14H16ClN3O2S/c1-18(9-16)14(20)12(8-21-2)17-13(19)11-5-3-10(7-15)4-6-11/h3-6,12H,7-8H2,1-2H3,(H,17,19). The number of likely N-dealkylation sites (N-methyl/N-ethyl adjacent to an activating group) is 1. The summed E-state index contributed by atoms with van der Waals surface area (Å²) in [6.07, 6.45) is 3.57. The maximum atomic E-state index is 12.1. The zero-order chi connectivity index (χ0) is 15.8. The van der Waals surface area contributed by atoms with Crippen LogP contribution in [0.1, 0.15) is 15.9 Å². The van der Waals surface area contributed by atoms with Crippen molar-refractivity contribution < 1.29 is 9.59 Å². The Bertz CT molecular complexity index is 542. The van der Waals surface area contributed by atoms with E-state index in [2.05, 4.69) is 5.32 Å². The molecule has 0 saturated carbocycles. The average molecular weight is 326 g/mol. The van der Waals surface area contributed by atoms with Crippen LogP contribution in [0, 0.1) is 11.5 Å². The van der Waals surface area contributed by atoms with E-state index < -0.39 is 11.9 Å². The molecule has 0 bridgehead atoms. The van der Waals surface area contributed by atoms with Crippen molar-refractivity contribution >= 4 is 35.2 Å². The van der Waals surface area contributed by atoms with Gasteiger partial charge in [0.1, 0.15) is 6.04 Å². The Morgan fingerprint density at radius 2 is 2.05 bits per heavy atom. The second kappa shape index (κ2) is 8.55. The maximum absolute atomic E-state index is 12.1. The molecule has 1 atom stereocenters. The fourth-order valence-electron chi connectivity index (χ4n) is 1.61. The molecule has 1 aromatic carbocycles. The number of hydrogen-bond donors (Lipinski definition) is 1. The van der Waals surface area contributed by atoms with E-state index >= 15 is 0 Å². The van der Waals surface area contributed by atoms with E-state index in [-0.39, 0.29) is 5.91 Å². The molecule has 112 valence electrons. The fraction of sp³-hybridized carbons (Fsp3) is 0.357. The quantitative estimate of drug-likeness (QED) is 0.492. The topological polar surface area (TPSA) is 73.2 Å². The van der Waals surface area contributed by atoms with Gasteiger partial charge in [0.2, 0.25) is 0 Å². The number of alkyl halides is 1. The molecule has 0 aliphatic heterocycles. The van der Waals surface area contributed by atoms with Crippen LogP contribution in [0.3, 0.4) is 0 Å². The molecule has 5 nitrogen and oxygen atoms in total. The molecule has 7 heteroatoms. The van der Waals surface area contributed by atoms with Crippen molar-refractivity contribution in [1.82, 2.24) is 10.2 Å². The minimum Gasteiger partial charge on any atom is -0.339 e. The lowest BCUT2D eigenvalue weighted by molar-refractivity contribution is -0.128. The lowest BCUT2D eigenvalue weighted by Gasteiger charge is -2.19. The number of nitrogens with one attached hydrogen (secondary N) is 1. The van der Waals surface area contributed by atoms with Crippen LogP contribution < -0.4 is 5.32 Å². The van der Waals surface area contributed by atoms with Crippen LogP contribution in [-0.4, -0.2) is 41.8 Å². The number of amides is 2. The summed E-state index contributed by atoms with van der Waals surface area (Å²) < 4.78 is 0. The summed E-state index contributed by atoms with van der Waals surface area (Å²) in [5, 5.41) is 11.4. The molecule has 1 aromatic rings. The number of thioether (sulfide) groups is 1. The normalized spacial score (nSPS) is 11.3. The van der Waals surface area contributed by atoms with Gasteiger partial charge in [-0.05, 0) is 24.0 Å². The van der Waals surface area contributed by atoms with E-state index in [1.165, 1.54) is 18.8 Å². The van der Waals surface area contributed by atoms with Crippen LogP contribution in [-0.2, 0) is 10.7 Å². The van der Waals surface area contributed by atoms with Crippen LogP contribution in [0.25, 0.3) is 0 Å². The summed E-state index contributed by atoms with van der Waals surface area (Å²) in [4.78, 5) is 25.0. The number of benzene rings is 1. The molecule has 0 aliphatic carbocycles. The molecule has 0 aliphatic rings. The molecular weight excluding hydrogens is 310 g/mol. The van der Waals surface area contributed by atoms with E-state index in [1.54, 1.807) is 30.5 Å². The number of carbonyl (C=O) groups is 2. The highest BCUT2D eigenvalue weighted by molar-refractivity contribution is 7.98. The first-order valence-electron chi connectivity index (χ1n) is 6.15. The molecule has 1 N–H and O–H groups in total. The summed E-state index contributed by atoms with van der Waals surface area (Å²) in [5.41, 5.74) is 1.36. The van der Waals surface area contributed by atoms with Gasteiger partial charge in [0.25, 0.3) is 11.8 Å². The van der Waals surface area contributed by atoms with Gasteiger partial charge in [-0.3, -0.25) is 14.5 Å². The van der Waals surface area contributed by atoms with Gasteiger partial charge in [0, 0.05) is 24.2 Å². The number of nitriles is 1. The third-order valence-corrected chi connectivity index (χ3v) is 3.76. The van der Waals surface area contributed by atoms with Gasteiger partial charge in [0.05, 0.1) is 0 Å². The van der Waals surface area contributed by atoms with Crippen molar-refractivity contribution in [3.05, 3.63) is 35.4 Å². The molecule has 0 heterocycles. The highest BCUT2D eigenvalue weighted by Gasteiger charge is 2.24. The van der Waals surface area contributed by atoms with E-state index in [1.807, 2.05) is 6.26 Å². The molecule has 1 rings (SSSR count). The number of carbonyl (C=O) groups excluding carboxylic acids is 2. The van der Waals surface area contributed by atoms with Gasteiger partial charge in [0.15, 0.2) is 6.19 Å². The van der Waals surface area contributed by atoms with Crippen LogP contribution in [0.5, 0.6) is 0 Å². The summed E-state index contributed by atoms with van der Waals surface area (Å²) >= 11 is 7.11. The van der Waals surface area contributed by atoms with Crippen molar-refractivity contribution in [3.63, 3.8) is 0 Å². The lowest BCUT2D eigenvalue weighted by atomic mass is 10.1. The Kier molecular flexibility index (Phi) is 7.06. The minimum atomic E-state index is -0.732. The monoisotopic (exact) mass is 325 g/mol. The highest BCUT2D eigenvalue weighted by atomic mass is 35.5. The predicted octanol–water partition coefficient (Wildman–Crippen LogP) is 1.83. The van der Waals surface area contributed by atoms with Gasteiger partial charge >= 0.3 is 0 Å². The first-order chi connectivity index (χ1) is 10.0. The summed E-state index contributed by atoms with van der Waals surface area (Å²) in [7, 11) is 1.37. The summed E-state index contributed by atoms with van der Waals surface area (Å²) in [5.74, 6) is -0.00818. The SMILES string of the molecule is CSCC(NC(=O)c1ccc(CCl)cc1)C(=O)N(C)C#N. The van der Waals surface area contributed by atoms with Gasteiger partial charge in [-0.1, -0.05) is 12.1 Å². The Labute approximate surface area is 133 Å². The smallest absolute Gasteiger partial charge is 0.258 e. The third kappa shape index (κ3) is 4.96. The van der Waals surface area contributed by atoms with Gasteiger partial charge in [-0.15, -0.1) is 11.6 Å². The van der Waals surface area contributed by atoms with Crippen molar-refractivity contribution in [1.29, 1.82) is 5.26 Å². The van der Waals surface area contributed by atoms with Crippen LogP contribution in [0.2, 0.25) is 0 Å². The van der Waals surface area contributed by atoms with E-state index in [4.69, 9.17) is 16.9 Å². The first-order valence-corrected chi connectivity index (χ1v) is 8.08. The second-order valence-corrected chi connectivity index (χ2v) is 5.49. The average Bonchev–Trinajstić information content (AvgIpc) is 2.52. The number of nitrogens with zero attached hydrogens (tertiary/aromatic N) is 2. The van der Waals surface area contributed by atoms with Crippen molar-refractivity contribution in [2.75, 3.05) is 19.1 Å². The molecule has 2 amide bonds. The minimum absolute atomic E-state index is 0.352. The Balaban J connectivity index is 2.80.